The number of carbonyl (C=O) groups excluding carboxylic acids is 2. The Labute approximate surface area is 213 Å². The second-order valence-electron chi connectivity index (χ2n) is 9.10. The molecule has 1 aliphatic heterocycles. The summed E-state index contributed by atoms with van der Waals surface area (Å²) < 4.78 is 45.4. The lowest BCUT2D eigenvalue weighted by Gasteiger charge is -2.35. The average molecular weight is 521 g/mol. The highest BCUT2D eigenvalue weighted by molar-refractivity contribution is 5.96. The number of alkyl halides is 3. The van der Waals surface area contributed by atoms with Crippen molar-refractivity contribution in [3.05, 3.63) is 59.2 Å². The molecule has 37 heavy (non-hydrogen) atoms. The van der Waals surface area contributed by atoms with Crippen molar-refractivity contribution >= 4 is 17.7 Å². The Bertz CT molecular complexity index is 1130. The topological polar surface area (TPSA) is 120 Å². The lowest BCUT2D eigenvalue weighted by Crippen LogP contribution is -2.45. The van der Waals surface area contributed by atoms with E-state index in [1.54, 1.807) is 36.4 Å². The summed E-state index contributed by atoms with van der Waals surface area (Å²) in [4.78, 5) is 27.6. The van der Waals surface area contributed by atoms with E-state index in [9.17, 15) is 22.8 Å². The minimum absolute atomic E-state index is 0.0115. The standard InChI is InChI=1S/C26H31F3N4O4/c1-37-24(35)22-12-18(11-21(14-22)19-3-2-4-20(13-19)23(30)31)16-33(25(36)26(27,28)29)15-17-5-7-32(8-6-17)9-10-34/h2-4,11-14,17,34H,5-10,15-16H2,1H3,(H3,30,31). The minimum atomic E-state index is -5.05. The van der Waals surface area contributed by atoms with E-state index in [0.29, 0.717) is 54.7 Å². The molecule has 0 spiro atoms. The van der Waals surface area contributed by atoms with E-state index >= 15 is 0 Å². The summed E-state index contributed by atoms with van der Waals surface area (Å²) in [5.74, 6) is -2.89. The van der Waals surface area contributed by atoms with Gasteiger partial charge in [-0.2, -0.15) is 13.2 Å². The molecule has 1 aliphatic rings. The summed E-state index contributed by atoms with van der Waals surface area (Å²) in [6, 6.07) is 11.3. The maximum absolute atomic E-state index is 13.5. The predicted molar refractivity (Wildman–Crippen MR) is 132 cm³/mol. The van der Waals surface area contributed by atoms with Gasteiger partial charge in [-0.25, -0.2) is 4.79 Å². The molecule has 1 amide bonds. The van der Waals surface area contributed by atoms with Crippen molar-refractivity contribution in [2.75, 3.05) is 39.9 Å². The molecule has 0 atom stereocenters. The molecule has 0 bridgehead atoms. The van der Waals surface area contributed by atoms with Crippen molar-refractivity contribution < 1.29 is 32.6 Å². The van der Waals surface area contributed by atoms with Crippen LogP contribution in [0.5, 0.6) is 0 Å². The summed E-state index contributed by atoms with van der Waals surface area (Å²) in [7, 11) is 1.20. The summed E-state index contributed by atoms with van der Waals surface area (Å²) in [6.07, 6.45) is -3.84. The molecule has 0 saturated carbocycles. The van der Waals surface area contributed by atoms with Gasteiger partial charge < -0.3 is 25.4 Å². The third-order valence-corrected chi connectivity index (χ3v) is 6.43. The highest BCUT2D eigenvalue weighted by Crippen LogP contribution is 2.28. The number of aliphatic hydroxyl groups is 1. The number of nitrogen functional groups attached to an aromatic ring is 1. The zero-order valence-electron chi connectivity index (χ0n) is 20.6. The molecule has 1 heterocycles. The van der Waals surface area contributed by atoms with Crippen LogP contribution in [-0.4, -0.2) is 78.7 Å². The van der Waals surface area contributed by atoms with Gasteiger partial charge in [0.25, 0.3) is 0 Å². The van der Waals surface area contributed by atoms with Gasteiger partial charge in [-0.1, -0.05) is 18.2 Å². The van der Waals surface area contributed by atoms with Crippen LogP contribution in [0.25, 0.3) is 11.1 Å². The average Bonchev–Trinajstić information content (AvgIpc) is 2.88. The second kappa shape index (κ2) is 12.2. The number of piperidine rings is 1. The number of aliphatic hydroxyl groups excluding tert-OH is 1. The zero-order valence-corrected chi connectivity index (χ0v) is 20.6. The first kappa shape index (κ1) is 28.1. The number of amides is 1. The van der Waals surface area contributed by atoms with Crippen LogP contribution in [-0.2, 0) is 16.1 Å². The van der Waals surface area contributed by atoms with Gasteiger partial charge >= 0.3 is 18.1 Å². The summed E-state index contributed by atoms with van der Waals surface area (Å²) in [5, 5.41) is 16.8. The number of nitrogens with two attached hydrogens (primary N) is 1. The van der Waals surface area contributed by atoms with Crippen molar-refractivity contribution in [2.45, 2.75) is 25.6 Å². The van der Waals surface area contributed by atoms with E-state index in [1.807, 2.05) is 4.90 Å². The number of nitrogens with zero attached hydrogens (tertiary/aromatic N) is 2. The van der Waals surface area contributed by atoms with Crippen LogP contribution in [0.3, 0.4) is 0 Å². The number of nitrogens with one attached hydrogen (secondary N) is 1. The van der Waals surface area contributed by atoms with Gasteiger partial charge in [0.15, 0.2) is 0 Å². The number of hydrogen-bond acceptors (Lipinski definition) is 6. The highest BCUT2D eigenvalue weighted by atomic mass is 19.4. The monoisotopic (exact) mass is 520 g/mol. The Morgan fingerprint density at radius 1 is 1.14 bits per heavy atom. The summed E-state index contributed by atoms with van der Waals surface area (Å²) >= 11 is 0. The second-order valence-corrected chi connectivity index (χ2v) is 9.10. The molecule has 0 radical (unpaired) electrons. The fraction of sp³-hybridized carbons (Fsp3) is 0.423. The van der Waals surface area contributed by atoms with Gasteiger partial charge in [0, 0.05) is 25.2 Å². The maximum atomic E-state index is 13.5. The van der Waals surface area contributed by atoms with Crippen LogP contribution >= 0.6 is 0 Å². The Balaban J connectivity index is 1.93. The fourth-order valence-corrected chi connectivity index (χ4v) is 4.52. The Hall–Kier alpha value is -3.44. The molecule has 200 valence electrons. The van der Waals surface area contributed by atoms with Crippen LogP contribution in [0.1, 0.15) is 34.3 Å². The summed E-state index contributed by atoms with van der Waals surface area (Å²) in [5.41, 5.74) is 7.61. The molecular formula is C26H31F3N4O4. The molecule has 2 aromatic rings. The first-order chi connectivity index (χ1) is 17.5. The van der Waals surface area contributed by atoms with Crippen molar-refractivity contribution in [2.24, 2.45) is 11.7 Å². The SMILES string of the molecule is COC(=O)c1cc(CN(CC2CCN(CCO)CC2)C(=O)C(F)(F)F)cc(-c2cccc(C(=N)N)c2)c1. The number of esters is 1. The predicted octanol–water partition coefficient (Wildman–Crippen LogP) is 3.02. The molecule has 11 heteroatoms. The number of ether oxygens (including phenoxy) is 1. The van der Waals surface area contributed by atoms with E-state index in [2.05, 4.69) is 0 Å². The fourth-order valence-electron chi connectivity index (χ4n) is 4.52. The first-order valence-electron chi connectivity index (χ1n) is 11.9. The first-order valence-corrected chi connectivity index (χ1v) is 11.9. The van der Waals surface area contributed by atoms with Gasteiger partial charge in [-0.15, -0.1) is 0 Å². The van der Waals surface area contributed by atoms with Gasteiger partial charge in [-0.3, -0.25) is 10.2 Å². The number of benzene rings is 2. The Kier molecular flexibility index (Phi) is 9.28. The number of hydrogen-bond donors (Lipinski definition) is 3. The molecule has 4 N–H and O–H groups in total. The number of halogens is 3. The molecule has 1 fully saturated rings. The van der Waals surface area contributed by atoms with Gasteiger partial charge in [0.05, 0.1) is 19.3 Å². The molecule has 2 aromatic carbocycles. The van der Waals surface area contributed by atoms with Crippen LogP contribution in [0.4, 0.5) is 13.2 Å². The van der Waals surface area contributed by atoms with Crippen LogP contribution < -0.4 is 5.73 Å². The number of amidine groups is 1. The highest BCUT2D eigenvalue weighted by Gasteiger charge is 2.43. The quantitative estimate of drug-likeness (QED) is 0.266. The Morgan fingerprint density at radius 2 is 1.81 bits per heavy atom. The van der Waals surface area contributed by atoms with Crippen LogP contribution in [0, 0.1) is 11.3 Å². The van der Waals surface area contributed by atoms with E-state index in [0.717, 1.165) is 4.90 Å². The number of β-amino-alcohol motifs (C(OH)–C–C–N with tert-alkyl or cyclic N) is 1. The molecule has 8 nitrogen and oxygen atoms in total. The lowest BCUT2D eigenvalue weighted by molar-refractivity contribution is -0.187. The number of methoxy groups -OCH3 is 1. The third-order valence-electron chi connectivity index (χ3n) is 6.43. The number of carbonyl (C=O) groups is 2. The normalized spacial score (nSPS) is 14.8. The molecule has 3 rings (SSSR count). The minimum Gasteiger partial charge on any atom is -0.465 e. The van der Waals surface area contributed by atoms with Gasteiger partial charge in [0.2, 0.25) is 0 Å². The van der Waals surface area contributed by atoms with Gasteiger partial charge in [0.1, 0.15) is 5.84 Å². The molecule has 0 aromatic heterocycles. The van der Waals surface area contributed by atoms with E-state index in [-0.39, 0.29) is 37.0 Å². The van der Waals surface area contributed by atoms with Crippen molar-refractivity contribution in [3.8, 4) is 11.1 Å². The van der Waals surface area contributed by atoms with Crippen molar-refractivity contribution in [1.29, 1.82) is 5.41 Å². The number of likely N-dealkylation sites (tertiary alicyclic amines) is 1. The lowest BCUT2D eigenvalue weighted by atomic mass is 9.95. The summed E-state index contributed by atoms with van der Waals surface area (Å²) in [6.45, 7) is 1.35. The molecule has 0 unspecified atom stereocenters. The van der Waals surface area contributed by atoms with Crippen LogP contribution in [0.15, 0.2) is 42.5 Å². The van der Waals surface area contributed by atoms with Crippen molar-refractivity contribution in [3.63, 3.8) is 0 Å². The molecular weight excluding hydrogens is 489 g/mol. The third kappa shape index (κ3) is 7.53. The van der Waals surface area contributed by atoms with E-state index < -0.39 is 18.1 Å². The smallest absolute Gasteiger partial charge is 0.465 e. The largest absolute Gasteiger partial charge is 0.471 e. The van der Waals surface area contributed by atoms with Crippen LogP contribution in [0.2, 0.25) is 0 Å². The number of rotatable bonds is 9. The molecule has 0 aliphatic carbocycles. The van der Waals surface area contributed by atoms with E-state index in [4.69, 9.17) is 21.0 Å². The molecule has 1 saturated heterocycles. The maximum Gasteiger partial charge on any atom is 0.471 e. The van der Waals surface area contributed by atoms with E-state index in [1.165, 1.54) is 13.2 Å². The van der Waals surface area contributed by atoms with Gasteiger partial charge in [-0.05, 0) is 72.8 Å². The zero-order chi connectivity index (χ0) is 27.2. The van der Waals surface area contributed by atoms with Crippen molar-refractivity contribution in [1.82, 2.24) is 9.80 Å². The Morgan fingerprint density at radius 3 is 2.41 bits per heavy atom.